The van der Waals surface area contributed by atoms with E-state index < -0.39 is 5.79 Å². The zero-order chi connectivity index (χ0) is 13.4. The number of benzene rings is 1. The van der Waals surface area contributed by atoms with Crippen LogP contribution in [0.15, 0.2) is 35.7 Å². The molecule has 20 heavy (non-hydrogen) atoms. The Morgan fingerprint density at radius 2 is 2.05 bits per heavy atom. The first-order valence-electron chi connectivity index (χ1n) is 7.05. The van der Waals surface area contributed by atoms with E-state index in [2.05, 4.69) is 41.0 Å². The number of thiophene rings is 1. The molecule has 0 amide bonds. The lowest BCUT2D eigenvalue weighted by Gasteiger charge is -2.41. The van der Waals surface area contributed by atoms with Crippen LogP contribution in [0.3, 0.4) is 0 Å². The van der Waals surface area contributed by atoms with Crippen LogP contribution in [0.1, 0.15) is 18.4 Å². The van der Waals surface area contributed by atoms with Gasteiger partial charge in [0.05, 0.1) is 6.61 Å². The number of hydrogen-bond donors (Lipinski definition) is 1. The summed E-state index contributed by atoms with van der Waals surface area (Å²) in [6.45, 7) is 2.57. The largest absolute Gasteiger partial charge is 0.462 e. The van der Waals surface area contributed by atoms with Crippen molar-refractivity contribution in [2.24, 2.45) is 0 Å². The maximum absolute atomic E-state index is 6.17. The molecule has 0 unspecified atom stereocenters. The van der Waals surface area contributed by atoms with Gasteiger partial charge in [-0.05, 0) is 35.2 Å². The predicted octanol–water partition coefficient (Wildman–Crippen LogP) is 3.40. The predicted molar refractivity (Wildman–Crippen MR) is 80.0 cm³/mol. The van der Waals surface area contributed by atoms with Gasteiger partial charge in [-0.3, -0.25) is 0 Å². The Morgan fingerprint density at radius 1 is 1.15 bits per heavy atom. The number of nitrogens with one attached hydrogen (secondary N) is 1. The SMILES string of the molecule is c1csc(-c2ccc3c(c2)COC2(CCNCC2)O3)c1. The van der Waals surface area contributed by atoms with Crippen molar-refractivity contribution in [2.75, 3.05) is 13.1 Å². The van der Waals surface area contributed by atoms with E-state index in [9.17, 15) is 0 Å². The van der Waals surface area contributed by atoms with Crippen molar-refractivity contribution in [1.29, 1.82) is 0 Å². The summed E-state index contributed by atoms with van der Waals surface area (Å²) >= 11 is 1.76. The van der Waals surface area contributed by atoms with Crippen LogP contribution in [0.25, 0.3) is 10.4 Å². The number of fused-ring (bicyclic) bond motifs is 1. The molecule has 4 rings (SSSR count). The first kappa shape index (κ1) is 12.4. The molecule has 0 aliphatic carbocycles. The maximum Gasteiger partial charge on any atom is 0.213 e. The van der Waals surface area contributed by atoms with E-state index >= 15 is 0 Å². The minimum Gasteiger partial charge on any atom is -0.462 e. The lowest BCUT2D eigenvalue weighted by molar-refractivity contribution is -0.218. The van der Waals surface area contributed by atoms with Crippen molar-refractivity contribution < 1.29 is 9.47 Å². The summed E-state index contributed by atoms with van der Waals surface area (Å²) < 4.78 is 12.2. The molecule has 4 heteroatoms. The van der Waals surface area contributed by atoms with Crippen LogP contribution in [-0.4, -0.2) is 18.9 Å². The number of ether oxygens (including phenoxy) is 2. The standard InChI is InChI=1S/C16H17NO2S/c1-2-15(20-9-1)12-3-4-14-13(10-12)11-18-16(19-14)5-7-17-8-6-16/h1-4,9-10,17H,5-8,11H2. The smallest absolute Gasteiger partial charge is 0.213 e. The molecule has 0 saturated carbocycles. The minimum absolute atomic E-state index is 0.400. The summed E-state index contributed by atoms with van der Waals surface area (Å²) in [4.78, 5) is 1.29. The average Bonchev–Trinajstić information content (AvgIpc) is 3.02. The van der Waals surface area contributed by atoms with Gasteiger partial charge < -0.3 is 14.8 Å². The van der Waals surface area contributed by atoms with Crippen LogP contribution in [0.5, 0.6) is 5.75 Å². The summed E-state index contributed by atoms with van der Waals surface area (Å²) in [7, 11) is 0. The van der Waals surface area contributed by atoms with E-state index in [1.807, 2.05) is 0 Å². The van der Waals surface area contributed by atoms with E-state index in [1.165, 1.54) is 10.4 Å². The molecular formula is C16H17NO2S. The molecule has 1 aromatic heterocycles. The summed E-state index contributed by atoms with van der Waals surface area (Å²) in [5.74, 6) is 0.585. The third kappa shape index (κ3) is 2.14. The molecule has 2 aromatic rings. The average molecular weight is 287 g/mol. The summed E-state index contributed by atoms with van der Waals surface area (Å²) in [6, 6.07) is 10.7. The molecule has 0 bridgehead atoms. The lowest BCUT2D eigenvalue weighted by Crippen LogP contribution is -2.49. The Hall–Kier alpha value is -1.36. The third-order valence-corrected chi connectivity index (χ3v) is 4.94. The first-order valence-corrected chi connectivity index (χ1v) is 7.93. The number of hydrogen-bond acceptors (Lipinski definition) is 4. The van der Waals surface area contributed by atoms with Crippen molar-refractivity contribution in [3.05, 3.63) is 41.3 Å². The first-order chi connectivity index (χ1) is 9.85. The Morgan fingerprint density at radius 3 is 2.85 bits per heavy atom. The number of piperidine rings is 1. The van der Waals surface area contributed by atoms with Crippen molar-refractivity contribution in [2.45, 2.75) is 25.2 Å². The monoisotopic (exact) mass is 287 g/mol. The fourth-order valence-corrected chi connectivity index (χ4v) is 3.61. The molecule has 2 aliphatic rings. The molecule has 1 saturated heterocycles. The highest BCUT2D eigenvalue weighted by Gasteiger charge is 2.38. The van der Waals surface area contributed by atoms with Crippen LogP contribution in [0.4, 0.5) is 0 Å². The van der Waals surface area contributed by atoms with Gasteiger partial charge in [0.25, 0.3) is 0 Å². The quantitative estimate of drug-likeness (QED) is 0.872. The van der Waals surface area contributed by atoms with E-state index in [1.54, 1.807) is 11.3 Å². The van der Waals surface area contributed by atoms with Gasteiger partial charge in [-0.25, -0.2) is 0 Å². The summed E-state index contributed by atoms with van der Waals surface area (Å²) in [5.41, 5.74) is 2.40. The van der Waals surface area contributed by atoms with Gasteiger partial charge in [-0.15, -0.1) is 11.3 Å². The Bertz CT molecular complexity index is 603. The normalized spacial score (nSPS) is 20.4. The fraction of sp³-hybridized carbons (Fsp3) is 0.375. The Labute approximate surface area is 122 Å². The zero-order valence-corrected chi connectivity index (χ0v) is 12.0. The minimum atomic E-state index is -0.400. The van der Waals surface area contributed by atoms with Gasteiger partial charge in [0, 0.05) is 36.4 Å². The van der Waals surface area contributed by atoms with E-state index in [0.29, 0.717) is 6.61 Å². The second-order valence-corrected chi connectivity index (χ2v) is 6.30. The molecule has 3 heterocycles. The second-order valence-electron chi connectivity index (χ2n) is 5.35. The topological polar surface area (TPSA) is 30.5 Å². The molecule has 3 nitrogen and oxygen atoms in total. The van der Waals surface area contributed by atoms with Gasteiger partial charge in [0.2, 0.25) is 5.79 Å². The molecule has 104 valence electrons. The van der Waals surface area contributed by atoms with Crippen LogP contribution < -0.4 is 10.1 Å². The van der Waals surface area contributed by atoms with Gasteiger partial charge in [-0.2, -0.15) is 0 Å². The van der Waals surface area contributed by atoms with Crippen molar-refractivity contribution in [3.8, 4) is 16.2 Å². The van der Waals surface area contributed by atoms with Crippen molar-refractivity contribution in [3.63, 3.8) is 0 Å². The van der Waals surface area contributed by atoms with Crippen LogP contribution >= 0.6 is 11.3 Å². The fourth-order valence-electron chi connectivity index (χ4n) is 2.88. The Kier molecular flexibility index (Phi) is 3.02. The van der Waals surface area contributed by atoms with Gasteiger partial charge in [0.15, 0.2) is 0 Å². The molecular weight excluding hydrogens is 270 g/mol. The molecule has 0 atom stereocenters. The third-order valence-electron chi connectivity index (χ3n) is 4.02. The molecule has 1 spiro atoms. The van der Waals surface area contributed by atoms with Crippen LogP contribution in [-0.2, 0) is 11.3 Å². The summed E-state index contributed by atoms with van der Waals surface area (Å²) in [6.07, 6.45) is 1.83. The lowest BCUT2D eigenvalue weighted by atomic mass is 10.0. The van der Waals surface area contributed by atoms with Gasteiger partial charge >= 0.3 is 0 Å². The summed E-state index contributed by atoms with van der Waals surface area (Å²) in [5, 5.41) is 5.45. The van der Waals surface area contributed by atoms with Crippen molar-refractivity contribution in [1.82, 2.24) is 5.32 Å². The van der Waals surface area contributed by atoms with Crippen LogP contribution in [0.2, 0.25) is 0 Å². The van der Waals surface area contributed by atoms with E-state index in [4.69, 9.17) is 9.47 Å². The Balaban J connectivity index is 1.63. The van der Waals surface area contributed by atoms with E-state index in [-0.39, 0.29) is 0 Å². The second kappa shape index (κ2) is 4.88. The molecule has 2 aliphatic heterocycles. The van der Waals surface area contributed by atoms with Gasteiger partial charge in [0.1, 0.15) is 5.75 Å². The number of rotatable bonds is 1. The highest BCUT2D eigenvalue weighted by Crippen LogP contribution is 2.38. The maximum atomic E-state index is 6.17. The highest BCUT2D eigenvalue weighted by atomic mass is 32.1. The van der Waals surface area contributed by atoms with Crippen molar-refractivity contribution >= 4 is 11.3 Å². The molecule has 1 fully saturated rings. The zero-order valence-electron chi connectivity index (χ0n) is 11.2. The van der Waals surface area contributed by atoms with E-state index in [0.717, 1.165) is 37.2 Å². The van der Waals surface area contributed by atoms with Gasteiger partial charge in [-0.1, -0.05) is 6.07 Å². The molecule has 0 radical (unpaired) electrons. The molecule has 1 N–H and O–H groups in total. The van der Waals surface area contributed by atoms with Crippen LogP contribution in [0, 0.1) is 0 Å². The highest BCUT2D eigenvalue weighted by molar-refractivity contribution is 7.13. The molecule has 1 aromatic carbocycles.